The highest BCUT2D eigenvalue weighted by Gasteiger charge is 2.20. The van der Waals surface area contributed by atoms with Crippen molar-refractivity contribution >= 4 is 17.8 Å². The molecule has 102 valence electrons. The molecule has 0 aliphatic rings. The average Bonchev–Trinajstić information content (AvgIpc) is 2.36. The number of primary amides is 1. The van der Waals surface area contributed by atoms with E-state index in [0.717, 1.165) is 5.56 Å². The standard InChI is InChI=1S/C13H16N2O4/c14-13(19)10(8-12(17)18)15-11(16)7-6-9-4-2-1-3-5-9/h1-5,10H,6-8H2,(H2,14,19)(H,15,16)(H,17,18)/t10-/m1/s1. The molecule has 1 rings (SSSR count). The summed E-state index contributed by atoms with van der Waals surface area (Å²) in [5.74, 6) is -2.43. The molecular weight excluding hydrogens is 248 g/mol. The third-order valence-electron chi connectivity index (χ3n) is 2.54. The fraction of sp³-hybridized carbons (Fsp3) is 0.308. The fourth-order valence-corrected chi connectivity index (χ4v) is 1.57. The predicted molar refractivity (Wildman–Crippen MR) is 68.1 cm³/mol. The highest BCUT2D eigenvalue weighted by molar-refractivity contribution is 5.89. The largest absolute Gasteiger partial charge is 0.481 e. The molecule has 6 nitrogen and oxygen atoms in total. The maximum absolute atomic E-state index is 11.6. The topological polar surface area (TPSA) is 109 Å². The molecule has 0 unspecified atom stereocenters. The van der Waals surface area contributed by atoms with Crippen molar-refractivity contribution in [2.45, 2.75) is 25.3 Å². The number of rotatable bonds is 7. The number of hydrogen-bond donors (Lipinski definition) is 3. The molecule has 0 saturated carbocycles. The lowest BCUT2D eigenvalue weighted by Crippen LogP contribution is -2.45. The SMILES string of the molecule is NC(=O)[C@@H](CC(=O)O)NC(=O)CCc1ccccc1. The fourth-order valence-electron chi connectivity index (χ4n) is 1.57. The molecule has 1 aromatic rings. The van der Waals surface area contributed by atoms with Crippen molar-refractivity contribution < 1.29 is 19.5 Å². The monoisotopic (exact) mass is 264 g/mol. The number of carboxylic acids is 1. The van der Waals surface area contributed by atoms with Crippen molar-refractivity contribution in [2.75, 3.05) is 0 Å². The number of nitrogens with two attached hydrogens (primary N) is 1. The van der Waals surface area contributed by atoms with E-state index in [-0.39, 0.29) is 6.42 Å². The summed E-state index contributed by atoms with van der Waals surface area (Å²) in [7, 11) is 0. The summed E-state index contributed by atoms with van der Waals surface area (Å²) >= 11 is 0. The van der Waals surface area contributed by atoms with Gasteiger partial charge in [-0.3, -0.25) is 14.4 Å². The Morgan fingerprint density at radius 2 is 1.84 bits per heavy atom. The van der Waals surface area contributed by atoms with E-state index in [1.54, 1.807) is 0 Å². The van der Waals surface area contributed by atoms with Crippen LogP contribution in [0.2, 0.25) is 0 Å². The maximum atomic E-state index is 11.6. The summed E-state index contributed by atoms with van der Waals surface area (Å²) < 4.78 is 0. The Bertz CT molecular complexity index is 459. The number of carbonyl (C=O) groups excluding carboxylic acids is 2. The van der Waals surface area contributed by atoms with Crippen LogP contribution in [0.15, 0.2) is 30.3 Å². The molecule has 4 N–H and O–H groups in total. The van der Waals surface area contributed by atoms with E-state index in [0.29, 0.717) is 6.42 Å². The molecule has 0 aliphatic carbocycles. The maximum Gasteiger partial charge on any atom is 0.305 e. The second-order valence-electron chi connectivity index (χ2n) is 4.11. The summed E-state index contributed by atoms with van der Waals surface area (Å²) in [6, 6.07) is 8.21. The zero-order valence-corrected chi connectivity index (χ0v) is 10.3. The van der Waals surface area contributed by atoms with E-state index in [4.69, 9.17) is 10.8 Å². The lowest BCUT2D eigenvalue weighted by Gasteiger charge is -2.13. The van der Waals surface area contributed by atoms with Crippen LogP contribution in [0.5, 0.6) is 0 Å². The second kappa shape index (κ2) is 7.15. The molecular formula is C13H16N2O4. The van der Waals surface area contributed by atoms with Crippen LogP contribution in [0.1, 0.15) is 18.4 Å². The van der Waals surface area contributed by atoms with Gasteiger partial charge in [0.05, 0.1) is 6.42 Å². The van der Waals surface area contributed by atoms with Crippen molar-refractivity contribution in [3.63, 3.8) is 0 Å². The van der Waals surface area contributed by atoms with E-state index in [2.05, 4.69) is 5.32 Å². The highest BCUT2D eigenvalue weighted by atomic mass is 16.4. The molecule has 0 fully saturated rings. The second-order valence-corrected chi connectivity index (χ2v) is 4.11. The summed E-state index contributed by atoms with van der Waals surface area (Å²) in [6.45, 7) is 0. The van der Waals surface area contributed by atoms with Crippen molar-refractivity contribution in [1.82, 2.24) is 5.32 Å². The van der Waals surface area contributed by atoms with Crippen molar-refractivity contribution in [3.8, 4) is 0 Å². The molecule has 0 heterocycles. The molecule has 0 aliphatic heterocycles. The number of nitrogens with one attached hydrogen (secondary N) is 1. The minimum atomic E-state index is -1.19. The predicted octanol–water partition coefficient (Wildman–Crippen LogP) is 0.0640. The lowest BCUT2D eigenvalue weighted by atomic mass is 10.1. The number of carbonyl (C=O) groups is 3. The number of benzene rings is 1. The van der Waals surface area contributed by atoms with E-state index < -0.39 is 30.2 Å². The molecule has 0 bridgehead atoms. The van der Waals surface area contributed by atoms with Crippen LogP contribution in [0, 0.1) is 0 Å². The first-order chi connectivity index (χ1) is 8.99. The van der Waals surface area contributed by atoms with E-state index in [9.17, 15) is 14.4 Å². The zero-order valence-electron chi connectivity index (χ0n) is 10.3. The highest BCUT2D eigenvalue weighted by Crippen LogP contribution is 2.02. The van der Waals surface area contributed by atoms with Crippen LogP contribution in [-0.4, -0.2) is 28.9 Å². The van der Waals surface area contributed by atoms with Crippen molar-refractivity contribution in [1.29, 1.82) is 0 Å². The van der Waals surface area contributed by atoms with Crippen LogP contribution in [0.4, 0.5) is 0 Å². The van der Waals surface area contributed by atoms with Crippen LogP contribution >= 0.6 is 0 Å². The number of aliphatic carboxylic acids is 1. The van der Waals surface area contributed by atoms with Gasteiger partial charge in [0.2, 0.25) is 11.8 Å². The molecule has 6 heteroatoms. The molecule has 0 spiro atoms. The van der Waals surface area contributed by atoms with Gasteiger partial charge in [0.15, 0.2) is 0 Å². The molecule has 1 aromatic carbocycles. The third kappa shape index (κ3) is 5.67. The van der Waals surface area contributed by atoms with Crippen LogP contribution in [-0.2, 0) is 20.8 Å². The number of aryl methyl sites for hydroxylation is 1. The normalized spacial score (nSPS) is 11.6. The minimum absolute atomic E-state index is 0.174. The van der Waals surface area contributed by atoms with Gasteiger partial charge in [0.1, 0.15) is 6.04 Å². The van der Waals surface area contributed by atoms with Gasteiger partial charge in [-0.15, -0.1) is 0 Å². The summed E-state index contributed by atoms with van der Waals surface area (Å²) in [5.41, 5.74) is 6.02. The third-order valence-corrected chi connectivity index (χ3v) is 2.54. The lowest BCUT2D eigenvalue weighted by molar-refractivity contribution is -0.140. The Labute approximate surface area is 110 Å². The van der Waals surface area contributed by atoms with Gasteiger partial charge < -0.3 is 16.2 Å². The number of carboxylic acid groups (broad SMARTS) is 1. The van der Waals surface area contributed by atoms with Crippen LogP contribution in [0.25, 0.3) is 0 Å². The zero-order chi connectivity index (χ0) is 14.3. The van der Waals surface area contributed by atoms with E-state index >= 15 is 0 Å². The quantitative estimate of drug-likeness (QED) is 0.647. The van der Waals surface area contributed by atoms with Crippen molar-refractivity contribution in [2.24, 2.45) is 5.73 Å². The Balaban J connectivity index is 2.45. The van der Waals surface area contributed by atoms with Crippen LogP contribution < -0.4 is 11.1 Å². The van der Waals surface area contributed by atoms with Gasteiger partial charge in [-0.25, -0.2) is 0 Å². The summed E-state index contributed by atoms with van der Waals surface area (Å²) in [6.07, 6.45) is 0.186. The van der Waals surface area contributed by atoms with E-state index in [1.165, 1.54) is 0 Å². The van der Waals surface area contributed by atoms with Crippen LogP contribution in [0.3, 0.4) is 0 Å². The first kappa shape index (κ1) is 14.7. The minimum Gasteiger partial charge on any atom is -0.481 e. The molecule has 19 heavy (non-hydrogen) atoms. The van der Waals surface area contributed by atoms with Gasteiger partial charge in [-0.2, -0.15) is 0 Å². The number of hydrogen-bond acceptors (Lipinski definition) is 3. The van der Waals surface area contributed by atoms with Gasteiger partial charge in [0, 0.05) is 6.42 Å². The first-order valence-electron chi connectivity index (χ1n) is 5.83. The molecule has 0 radical (unpaired) electrons. The molecule has 1 atom stereocenters. The number of amides is 2. The molecule has 0 aromatic heterocycles. The molecule has 0 saturated heterocycles. The summed E-state index contributed by atoms with van der Waals surface area (Å²) in [4.78, 5) is 33.1. The Kier molecular flexibility index (Phi) is 5.53. The van der Waals surface area contributed by atoms with E-state index in [1.807, 2.05) is 30.3 Å². The summed E-state index contributed by atoms with van der Waals surface area (Å²) in [5, 5.41) is 10.9. The Morgan fingerprint density at radius 1 is 1.21 bits per heavy atom. The van der Waals surface area contributed by atoms with Gasteiger partial charge in [-0.05, 0) is 12.0 Å². The Morgan fingerprint density at radius 3 is 2.37 bits per heavy atom. The first-order valence-corrected chi connectivity index (χ1v) is 5.83. The Hall–Kier alpha value is -2.37. The van der Waals surface area contributed by atoms with Gasteiger partial charge in [0.25, 0.3) is 0 Å². The van der Waals surface area contributed by atoms with Crippen molar-refractivity contribution in [3.05, 3.63) is 35.9 Å². The van der Waals surface area contributed by atoms with Gasteiger partial charge in [-0.1, -0.05) is 30.3 Å². The average molecular weight is 264 g/mol. The molecule has 2 amide bonds. The van der Waals surface area contributed by atoms with Gasteiger partial charge >= 0.3 is 5.97 Å². The smallest absolute Gasteiger partial charge is 0.305 e.